The molecule has 1 N–H and O–H groups in total. The van der Waals surface area contributed by atoms with Crippen LogP contribution in [0.25, 0.3) is 16.6 Å². The van der Waals surface area contributed by atoms with E-state index in [1.807, 2.05) is 75.4 Å². The van der Waals surface area contributed by atoms with Gasteiger partial charge in [-0.3, -0.25) is 9.78 Å². The van der Waals surface area contributed by atoms with E-state index < -0.39 is 0 Å². The summed E-state index contributed by atoms with van der Waals surface area (Å²) >= 11 is 0. The van der Waals surface area contributed by atoms with Crippen molar-refractivity contribution in [2.24, 2.45) is 5.10 Å². The first-order chi connectivity index (χ1) is 16.1. The number of pyridine rings is 1. The lowest BCUT2D eigenvalue weighted by molar-refractivity contribution is -0.123. The second-order valence-electron chi connectivity index (χ2n) is 7.50. The fourth-order valence-electron chi connectivity index (χ4n) is 3.72. The van der Waals surface area contributed by atoms with Crippen molar-refractivity contribution in [3.8, 4) is 17.2 Å². The van der Waals surface area contributed by atoms with E-state index in [9.17, 15) is 4.79 Å². The molecule has 0 aliphatic carbocycles. The van der Waals surface area contributed by atoms with Crippen LogP contribution in [0.4, 0.5) is 0 Å². The molecular formula is C26H26N4O3. The molecule has 0 bridgehead atoms. The highest BCUT2D eigenvalue weighted by Crippen LogP contribution is 2.23. The van der Waals surface area contributed by atoms with Gasteiger partial charge < -0.3 is 14.0 Å². The number of para-hydroxylation sites is 1. The Morgan fingerprint density at radius 2 is 1.88 bits per heavy atom. The molecule has 1 amide bonds. The average Bonchev–Trinajstić information content (AvgIpc) is 3.11. The van der Waals surface area contributed by atoms with E-state index in [2.05, 4.69) is 20.1 Å². The minimum atomic E-state index is -0.348. The molecule has 0 aliphatic heterocycles. The molecule has 0 radical (unpaired) electrons. The Morgan fingerprint density at radius 3 is 2.67 bits per heavy atom. The molecule has 0 fully saturated rings. The lowest BCUT2D eigenvalue weighted by Gasteiger charge is -2.11. The summed E-state index contributed by atoms with van der Waals surface area (Å²) in [5.41, 5.74) is 7.29. The first kappa shape index (κ1) is 22.1. The number of hydrogen-bond acceptors (Lipinski definition) is 5. The number of fused-ring (bicyclic) bond motifs is 1. The highest BCUT2D eigenvalue weighted by molar-refractivity contribution is 5.86. The van der Waals surface area contributed by atoms with Gasteiger partial charge in [0.2, 0.25) is 0 Å². The maximum absolute atomic E-state index is 12.2. The van der Waals surface area contributed by atoms with Gasteiger partial charge in [-0.15, -0.1) is 0 Å². The second-order valence-corrected chi connectivity index (χ2v) is 7.50. The minimum absolute atomic E-state index is 0.155. The Bertz CT molecular complexity index is 1290. The van der Waals surface area contributed by atoms with Crippen LogP contribution >= 0.6 is 0 Å². The lowest BCUT2D eigenvalue weighted by Crippen LogP contribution is -2.24. The number of rotatable bonds is 8. The number of nitrogens with zero attached hydrogens (tertiary/aromatic N) is 3. The predicted molar refractivity (Wildman–Crippen MR) is 129 cm³/mol. The molecule has 2 heterocycles. The van der Waals surface area contributed by atoms with Crippen molar-refractivity contribution < 1.29 is 14.3 Å². The third-order valence-electron chi connectivity index (χ3n) is 5.22. The molecular weight excluding hydrogens is 416 g/mol. The highest BCUT2D eigenvalue weighted by atomic mass is 16.5. The molecule has 0 aliphatic rings. The van der Waals surface area contributed by atoms with E-state index in [1.165, 1.54) is 0 Å². The monoisotopic (exact) mass is 442 g/mol. The number of aromatic nitrogens is 2. The van der Waals surface area contributed by atoms with Crippen molar-refractivity contribution in [1.29, 1.82) is 0 Å². The van der Waals surface area contributed by atoms with Gasteiger partial charge in [0.1, 0.15) is 17.0 Å². The van der Waals surface area contributed by atoms with Crippen LogP contribution in [-0.4, -0.2) is 34.9 Å². The van der Waals surface area contributed by atoms with Crippen LogP contribution in [0.15, 0.2) is 72.0 Å². The van der Waals surface area contributed by atoms with Crippen LogP contribution in [-0.2, 0) is 4.79 Å². The van der Waals surface area contributed by atoms with Gasteiger partial charge in [0.05, 0.1) is 12.8 Å². The number of benzene rings is 2. The van der Waals surface area contributed by atoms with Gasteiger partial charge in [0.25, 0.3) is 5.91 Å². The van der Waals surface area contributed by atoms with Crippen molar-refractivity contribution in [3.05, 3.63) is 83.8 Å². The van der Waals surface area contributed by atoms with Crippen molar-refractivity contribution in [3.63, 3.8) is 0 Å². The van der Waals surface area contributed by atoms with Crippen LogP contribution < -0.4 is 14.9 Å². The number of aryl methyl sites for hydroxylation is 1. The van der Waals surface area contributed by atoms with Gasteiger partial charge in [-0.25, -0.2) is 5.43 Å². The van der Waals surface area contributed by atoms with Gasteiger partial charge in [-0.05, 0) is 63.2 Å². The average molecular weight is 443 g/mol. The van der Waals surface area contributed by atoms with Crippen LogP contribution in [0.1, 0.15) is 23.9 Å². The number of carbonyl (C=O) groups is 1. The Morgan fingerprint density at radius 1 is 1.09 bits per heavy atom. The van der Waals surface area contributed by atoms with Crippen molar-refractivity contribution in [2.75, 3.05) is 13.2 Å². The number of hydrogen-bond donors (Lipinski definition) is 1. The third-order valence-corrected chi connectivity index (χ3v) is 5.22. The second kappa shape index (κ2) is 9.99. The molecule has 4 rings (SSSR count). The summed E-state index contributed by atoms with van der Waals surface area (Å²) < 4.78 is 13.3. The smallest absolute Gasteiger partial charge is 0.277 e. The molecule has 0 saturated heterocycles. The van der Waals surface area contributed by atoms with E-state index in [0.717, 1.165) is 39.3 Å². The summed E-state index contributed by atoms with van der Waals surface area (Å²) in [5.74, 6) is 1.06. The van der Waals surface area contributed by atoms with Gasteiger partial charge in [0.15, 0.2) is 6.61 Å². The van der Waals surface area contributed by atoms with Gasteiger partial charge >= 0.3 is 0 Å². The van der Waals surface area contributed by atoms with Gasteiger partial charge in [0, 0.05) is 34.2 Å². The first-order valence-electron chi connectivity index (χ1n) is 10.8. The summed E-state index contributed by atoms with van der Waals surface area (Å²) in [6.45, 7) is 6.50. The summed E-state index contributed by atoms with van der Waals surface area (Å²) in [6.07, 6.45) is 3.34. The molecule has 2 aromatic carbocycles. The Labute approximate surface area is 192 Å². The Balaban J connectivity index is 1.39. The largest absolute Gasteiger partial charge is 0.494 e. The number of carbonyl (C=O) groups excluding carboxylic acids is 1. The molecule has 0 atom stereocenters. The SMILES string of the molecule is CCOc1ccc(-n2c(C)cc(/C=N\NC(=O)COc3cccc4cccnc34)c2C)cc1. The molecule has 7 nitrogen and oxygen atoms in total. The van der Waals surface area contributed by atoms with Crippen molar-refractivity contribution >= 4 is 23.0 Å². The maximum Gasteiger partial charge on any atom is 0.277 e. The minimum Gasteiger partial charge on any atom is -0.494 e. The fourth-order valence-corrected chi connectivity index (χ4v) is 3.72. The van der Waals surface area contributed by atoms with Gasteiger partial charge in [-0.2, -0.15) is 5.10 Å². The molecule has 0 unspecified atom stereocenters. The Kier molecular flexibility index (Phi) is 6.69. The number of nitrogens with one attached hydrogen (secondary N) is 1. The Hall–Kier alpha value is -4.13. The lowest BCUT2D eigenvalue weighted by atomic mass is 10.2. The van der Waals surface area contributed by atoms with Crippen molar-refractivity contribution in [2.45, 2.75) is 20.8 Å². The van der Waals surface area contributed by atoms with Crippen LogP contribution in [0.5, 0.6) is 11.5 Å². The number of hydrazone groups is 1. The van der Waals surface area contributed by atoms with E-state index in [0.29, 0.717) is 12.4 Å². The molecule has 7 heteroatoms. The molecule has 2 aromatic heterocycles. The molecule has 168 valence electrons. The number of amides is 1. The van der Waals surface area contributed by atoms with Crippen LogP contribution in [0.2, 0.25) is 0 Å². The van der Waals surface area contributed by atoms with E-state index in [-0.39, 0.29) is 12.5 Å². The quantitative estimate of drug-likeness (QED) is 0.320. The predicted octanol–water partition coefficient (Wildman–Crippen LogP) is 4.57. The third kappa shape index (κ3) is 5.03. The summed E-state index contributed by atoms with van der Waals surface area (Å²) in [5, 5.41) is 5.06. The highest BCUT2D eigenvalue weighted by Gasteiger charge is 2.10. The maximum atomic E-state index is 12.2. The molecule has 0 saturated carbocycles. The zero-order valence-electron chi connectivity index (χ0n) is 18.9. The summed E-state index contributed by atoms with van der Waals surface area (Å²) in [4.78, 5) is 16.5. The normalized spacial score (nSPS) is 11.1. The zero-order chi connectivity index (χ0) is 23.2. The van der Waals surface area contributed by atoms with Crippen LogP contribution in [0.3, 0.4) is 0 Å². The van der Waals surface area contributed by atoms with Crippen molar-refractivity contribution in [1.82, 2.24) is 15.0 Å². The standard InChI is InChI=1S/C26H26N4O3/c1-4-32-23-12-10-22(11-13-23)30-18(2)15-21(19(30)3)16-28-29-25(31)17-33-24-9-5-7-20-8-6-14-27-26(20)24/h5-16H,4,17H2,1-3H3,(H,29,31)/b28-16-. The zero-order valence-corrected chi connectivity index (χ0v) is 18.9. The molecule has 0 spiro atoms. The topological polar surface area (TPSA) is 77.7 Å². The molecule has 33 heavy (non-hydrogen) atoms. The summed E-state index contributed by atoms with van der Waals surface area (Å²) in [6, 6.07) is 19.4. The van der Waals surface area contributed by atoms with E-state index in [1.54, 1.807) is 18.5 Å². The summed E-state index contributed by atoms with van der Waals surface area (Å²) in [7, 11) is 0. The van der Waals surface area contributed by atoms with Gasteiger partial charge in [-0.1, -0.05) is 18.2 Å². The first-order valence-corrected chi connectivity index (χ1v) is 10.8. The van der Waals surface area contributed by atoms with E-state index >= 15 is 0 Å². The number of ether oxygens (including phenoxy) is 2. The fraction of sp³-hybridized carbons (Fsp3) is 0.192. The van der Waals surface area contributed by atoms with E-state index in [4.69, 9.17) is 9.47 Å². The van der Waals surface area contributed by atoms with Crippen LogP contribution in [0, 0.1) is 13.8 Å². The molecule has 4 aromatic rings.